The van der Waals surface area contributed by atoms with Gasteiger partial charge >= 0.3 is 17.9 Å². The fraction of sp³-hybridized carbons (Fsp3) is 0.687. The summed E-state index contributed by atoms with van der Waals surface area (Å²) in [6.07, 6.45) is 82.3. The van der Waals surface area contributed by atoms with E-state index in [1.54, 1.807) is 0 Å². The van der Waals surface area contributed by atoms with Crippen LogP contribution >= 0.6 is 0 Å². The topological polar surface area (TPSA) is 78.9 Å². The lowest BCUT2D eigenvalue weighted by atomic mass is 10.1. The normalized spacial score (nSPS) is 12.9. The molecule has 0 saturated carbocycles. The predicted molar refractivity (Wildman–Crippen MR) is 316 cm³/mol. The van der Waals surface area contributed by atoms with Gasteiger partial charge in [0.2, 0.25) is 0 Å². The van der Waals surface area contributed by atoms with Crippen LogP contribution in [0.25, 0.3) is 0 Å². The monoisotopic (exact) mass is 1010 g/mol. The van der Waals surface area contributed by atoms with Gasteiger partial charge in [-0.15, -0.1) is 0 Å². The SMILES string of the molecule is CC/C=C\C/C=C\C/C=C\C/C=C\C/C=C\C/C=C\C/C=C\CCCCCCCC(=O)OCC(COC(=O)CCCCCCC/C=C\CCC)OC(=O)CCCCCCCCC/C=C\CCCCCCCCC. The minimum absolute atomic E-state index is 0.0912. The highest BCUT2D eigenvalue weighted by Gasteiger charge is 2.19. The van der Waals surface area contributed by atoms with Crippen LogP contribution in [0.4, 0.5) is 0 Å². The number of ether oxygens (including phenoxy) is 3. The number of esters is 3. The number of hydrogen-bond acceptors (Lipinski definition) is 6. The number of carbonyl (C=O) groups is 3. The summed E-state index contributed by atoms with van der Waals surface area (Å²) in [6, 6.07) is 0. The lowest BCUT2D eigenvalue weighted by Gasteiger charge is -2.18. The van der Waals surface area contributed by atoms with Crippen LogP contribution in [0.15, 0.2) is 109 Å². The molecule has 416 valence electrons. The van der Waals surface area contributed by atoms with E-state index in [2.05, 4.69) is 130 Å². The Balaban J connectivity index is 4.33. The smallest absolute Gasteiger partial charge is 0.306 e. The quantitative estimate of drug-likeness (QED) is 0.0261. The number of unbranched alkanes of at least 4 members (excludes halogenated alkanes) is 25. The second-order valence-corrected chi connectivity index (χ2v) is 19.9. The Labute approximate surface area is 450 Å². The Morgan fingerprint density at radius 1 is 0.288 bits per heavy atom. The van der Waals surface area contributed by atoms with Crippen molar-refractivity contribution in [2.75, 3.05) is 13.2 Å². The molecule has 73 heavy (non-hydrogen) atoms. The molecule has 0 bridgehead atoms. The van der Waals surface area contributed by atoms with Crippen LogP contribution in [-0.4, -0.2) is 37.2 Å². The maximum Gasteiger partial charge on any atom is 0.306 e. The minimum Gasteiger partial charge on any atom is -0.462 e. The second kappa shape index (κ2) is 60.6. The number of carbonyl (C=O) groups excluding carboxylic acids is 3. The van der Waals surface area contributed by atoms with Gasteiger partial charge in [-0.25, -0.2) is 0 Å². The van der Waals surface area contributed by atoms with Crippen molar-refractivity contribution in [3.05, 3.63) is 109 Å². The van der Waals surface area contributed by atoms with Crippen molar-refractivity contribution in [3.63, 3.8) is 0 Å². The van der Waals surface area contributed by atoms with Gasteiger partial charge in [-0.1, -0.05) is 246 Å². The fourth-order valence-electron chi connectivity index (χ4n) is 8.18. The van der Waals surface area contributed by atoms with E-state index in [9.17, 15) is 14.4 Å². The standard InChI is InChI=1S/C67H112O6/c1-4-7-10-13-16-19-22-24-26-28-30-31-32-33-34-35-36-37-38-40-41-43-45-48-51-54-57-60-66(69)72-63-64(62-71-65(68)59-56-53-50-47-21-18-15-12-9-6-3)73-67(70)61-58-55-52-49-46-44-42-39-29-27-25-23-20-17-14-11-8-5-2/h7,10,12,15-16,19,24,26-27,29-31,33-34,36-37,40-41,64H,4-6,8-9,11,13-14,17-18,20-23,25,28,32,35,38-39,42-63H2,1-3H3/b10-7-,15-12-,19-16-,26-24-,29-27-,31-30-,34-33-,37-36-,41-40-. The third kappa shape index (κ3) is 58.8. The summed E-state index contributed by atoms with van der Waals surface area (Å²) in [5.74, 6) is -0.923. The van der Waals surface area contributed by atoms with Crippen molar-refractivity contribution in [1.29, 1.82) is 0 Å². The predicted octanol–water partition coefficient (Wildman–Crippen LogP) is 20.7. The van der Waals surface area contributed by atoms with E-state index in [1.165, 1.54) is 96.3 Å². The molecule has 0 N–H and O–H groups in total. The van der Waals surface area contributed by atoms with Crippen LogP contribution in [0.2, 0.25) is 0 Å². The second-order valence-electron chi connectivity index (χ2n) is 19.9. The molecular formula is C67H112O6. The number of rotatable bonds is 54. The summed E-state index contributed by atoms with van der Waals surface area (Å²) in [6.45, 7) is 6.44. The molecule has 0 spiro atoms. The largest absolute Gasteiger partial charge is 0.462 e. The zero-order valence-electron chi connectivity index (χ0n) is 47.6. The van der Waals surface area contributed by atoms with Crippen LogP contribution in [0.5, 0.6) is 0 Å². The van der Waals surface area contributed by atoms with E-state index >= 15 is 0 Å². The zero-order chi connectivity index (χ0) is 52.9. The van der Waals surface area contributed by atoms with Gasteiger partial charge < -0.3 is 14.2 Å². The molecule has 0 amide bonds. The van der Waals surface area contributed by atoms with Gasteiger partial charge in [-0.2, -0.15) is 0 Å². The zero-order valence-corrected chi connectivity index (χ0v) is 47.6. The lowest BCUT2D eigenvalue weighted by Crippen LogP contribution is -2.30. The van der Waals surface area contributed by atoms with Gasteiger partial charge in [0.05, 0.1) is 0 Å². The molecule has 1 unspecified atom stereocenters. The molecule has 0 aromatic rings. The van der Waals surface area contributed by atoms with Gasteiger partial charge in [0.1, 0.15) is 13.2 Å². The average Bonchev–Trinajstić information content (AvgIpc) is 3.39. The summed E-state index contributed by atoms with van der Waals surface area (Å²) < 4.78 is 16.8. The molecule has 0 aliphatic rings. The Morgan fingerprint density at radius 2 is 0.562 bits per heavy atom. The van der Waals surface area contributed by atoms with Crippen molar-refractivity contribution in [3.8, 4) is 0 Å². The first-order valence-corrected chi connectivity index (χ1v) is 30.4. The first-order chi connectivity index (χ1) is 36.0. The molecule has 0 aliphatic carbocycles. The van der Waals surface area contributed by atoms with Crippen molar-refractivity contribution < 1.29 is 28.6 Å². The molecule has 0 aliphatic heterocycles. The van der Waals surface area contributed by atoms with Crippen LogP contribution in [0.3, 0.4) is 0 Å². The molecule has 0 fully saturated rings. The first-order valence-electron chi connectivity index (χ1n) is 30.4. The summed E-state index contributed by atoms with van der Waals surface area (Å²) in [4.78, 5) is 38.1. The minimum atomic E-state index is -0.793. The maximum absolute atomic E-state index is 12.9. The average molecular weight is 1010 g/mol. The van der Waals surface area contributed by atoms with E-state index in [-0.39, 0.29) is 31.1 Å². The Morgan fingerprint density at radius 3 is 0.904 bits per heavy atom. The Bertz CT molecular complexity index is 1490. The van der Waals surface area contributed by atoms with Crippen LogP contribution in [-0.2, 0) is 28.6 Å². The van der Waals surface area contributed by atoms with E-state index < -0.39 is 6.10 Å². The summed E-state index contributed by atoms with van der Waals surface area (Å²) in [7, 11) is 0. The van der Waals surface area contributed by atoms with E-state index in [0.717, 1.165) is 141 Å². The van der Waals surface area contributed by atoms with Crippen LogP contribution in [0.1, 0.15) is 278 Å². The summed E-state index contributed by atoms with van der Waals surface area (Å²) in [5, 5.41) is 0. The first kappa shape index (κ1) is 69.1. The third-order valence-corrected chi connectivity index (χ3v) is 12.7. The molecule has 0 heterocycles. The Kier molecular flexibility index (Phi) is 57.4. The third-order valence-electron chi connectivity index (χ3n) is 12.7. The molecule has 0 aromatic heterocycles. The van der Waals surface area contributed by atoms with Crippen LogP contribution < -0.4 is 0 Å². The maximum atomic E-state index is 12.9. The molecule has 6 nitrogen and oxygen atoms in total. The highest BCUT2D eigenvalue weighted by molar-refractivity contribution is 5.71. The van der Waals surface area contributed by atoms with Crippen LogP contribution in [0, 0.1) is 0 Å². The van der Waals surface area contributed by atoms with Crippen molar-refractivity contribution >= 4 is 17.9 Å². The fourth-order valence-corrected chi connectivity index (χ4v) is 8.18. The molecule has 0 aromatic carbocycles. The molecule has 0 radical (unpaired) electrons. The Hall–Kier alpha value is -3.93. The number of allylic oxidation sites excluding steroid dienone is 18. The van der Waals surface area contributed by atoms with Crippen molar-refractivity contribution in [2.45, 2.75) is 284 Å². The molecule has 0 rings (SSSR count). The van der Waals surface area contributed by atoms with Gasteiger partial charge in [0.15, 0.2) is 6.10 Å². The lowest BCUT2D eigenvalue weighted by molar-refractivity contribution is -0.167. The molecule has 1 atom stereocenters. The van der Waals surface area contributed by atoms with Crippen molar-refractivity contribution in [1.82, 2.24) is 0 Å². The number of hydrogen-bond donors (Lipinski definition) is 0. The van der Waals surface area contributed by atoms with E-state index in [0.29, 0.717) is 19.3 Å². The highest BCUT2D eigenvalue weighted by atomic mass is 16.6. The van der Waals surface area contributed by atoms with E-state index in [4.69, 9.17) is 14.2 Å². The van der Waals surface area contributed by atoms with Gasteiger partial charge in [0.25, 0.3) is 0 Å². The van der Waals surface area contributed by atoms with Gasteiger partial charge in [0, 0.05) is 19.3 Å². The summed E-state index contributed by atoms with van der Waals surface area (Å²) >= 11 is 0. The van der Waals surface area contributed by atoms with Gasteiger partial charge in [-0.05, 0) is 122 Å². The molecule has 0 saturated heterocycles. The highest BCUT2D eigenvalue weighted by Crippen LogP contribution is 2.15. The van der Waals surface area contributed by atoms with Gasteiger partial charge in [-0.3, -0.25) is 14.4 Å². The molecule has 6 heteroatoms. The summed E-state index contributed by atoms with van der Waals surface area (Å²) in [5.41, 5.74) is 0. The van der Waals surface area contributed by atoms with E-state index in [1.807, 2.05) is 0 Å². The van der Waals surface area contributed by atoms with Crippen molar-refractivity contribution in [2.24, 2.45) is 0 Å². The molecular weight excluding hydrogens is 901 g/mol.